The van der Waals surface area contributed by atoms with Crippen LogP contribution in [-0.2, 0) is 16.2 Å². The molecular weight excluding hydrogens is 1050 g/mol. The molecule has 6 aliphatic rings. The Balaban J connectivity index is 1.11. The van der Waals surface area contributed by atoms with Gasteiger partial charge in [-0.2, -0.15) is 0 Å². The highest BCUT2D eigenvalue weighted by atomic mass is 15.2. The Hall–Kier alpha value is -8.92. The molecule has 2 heterocycles. The normalized spacial score (nSPS) is 19.0. The summed E-state index contributed by atoms with van der Waals surface area (Å²) in [4.78, 5) is 5.59. The minimum absolute atomic E-state index is 0.0588. The van der Waals surface area contributed by atoms with E-state index in [9.17, 15) is 0 Å². The quantitative estimate of drug-likeness (QED) is 0.133. The van der Waals surface area contributed by atoms with Gasteiger partial charge in [0.1, 0.15) is 0 Å². The molecule has 0 unspecified atom stereocenters. The van der Waals surface area contributed by atoms with Gasteiger partial charge in [0.2, 0.25) is 0 Å². The minimum Gasteiger partial charge on any atom is -0.310 e. The van der Waals surface area contributed by atoms with E-state index < -0.39 is 0 Å². The zero-order valence-electron chi connectivity index (χ0n) is 51.2. The van der Waals surface area contributed by atoms with Gasteiger partial charge in [-0.1, -0.05) is 248 Å². The van der Waals surface area contributed by atoms with Crippen molar-refractivity contribution in [3.8, 4) is 66.8 Å². The topological polar surface area (TPSA) is 6.48 Å². The van der Waals surface area contributed by atoms with Crippen LogP contribution in [0.25, 0.3) is 66.8 Å². The van der Waals surface area contributed by atoms with Gasteiger partial charge >= 0.3 is 0 Å². The SMILES string of the molecule is CC(C)(C)c1cc(-c2ccccc2)c(N2c3ccc(-c4ccccc4)cc3B3c4cc(-c5ccccc5)ccc4N(c4c(-c5ccccc5)cc(C(C)(C)C)cc4-c4ccccc4)c4cc(C56CC7CC(CC(C7)C5)C6)cc2c43)c(-c2ccccc2)c1. The van der Waals surface area contributed by atoms with Gasteiger partial charge in [0.25, 0.3) is 6.71 Å². The molecule has 0 amide bonds. The summed E-state index contributed by atoms with van der Waals surface area (Å²) in [6.45, 7) is 14.1. The maximum absolute atomic E-state index is 2.80. The molecule has 0 aromatic heterocycles. The number of benzene rings is 11. The van der Waals surface area contributed by atoms with Gasteiger partial charge < -0.3 is 9.80 Å². The fraction of sp³-hybridized carbons (Fsp3) is 0.214. The van der Waals surface area contributed by atoms with Crippen molar-refractivity contribution in [2.75, 3.05) is 9.80 Å². The lowest BCUT2D eigenvalue weighted by Crippen LogP contribution is -2.61. The predicted octanol–water partition coefficient (Wildman–Crippen LogP) is 20.8. The van der Waals surface area contributed by atoms with E-state index in [1.54, 1.807) is 0 Å². The van der Waals surface area contributed by atoms with Crippen molar-refractivity contribution in [1.82, 2.24) is 0 Å². The van der Waals surface area contributed by atoms with Crippen LogP contribution in [0.2, 0.25) is 0 Å². The first-order chi connectivity index (χ1) is 42.3. The molecule has 87 heavy (non-hydrogen) atoms. The van der Waals surface area contributed by atoms with Crippen LogP contribution in [0.4, 0.5) is 34.1 Å². The third-order valence-corrected chi connectivity index (χ3v) is 20.7. The van der Waals surface area contributed by atoms with Gasteiger partial charge in [-0.25, -0.2) is 0 Å². The summed E-state index contributed by atoms with van der Waals surface area (Å²) in [5.74, 6) is 2.28. The molecule has 0 radical (unpaired) electrons. The number of hydrogen-bond donors (Lipinski definition) is 0. The first-order valence-electron chi connectivity index (χ1n) is 32.1. The van der Waals surface area contributed by atoms with Crippen molar-refractivity contribution >= 4 is 57.2 Å². The molecule has 11 aromatic rings. The lowest BCUT2D eigenvalue weighted by molar-refractivity contribution is -0.00514. The number of anilines is 6. The van der Waals surface area contributed by atoms with E-state index in [1.807, 2.05) is 0 Å². The molecule has 4 bridgehead atoms. The summed E-state index contributed by atoms with van der Waals surface area (Å²) < 4.78 is 0. The number of nitrogens with zero attached hydrogens (tertiary/aromatic N) is 2. The highest BCUT2D eigenvalue weighted by Crippen LogP contribution is 2.63. The molecule has 11 aromatic carbocycles. The van der Waals surface area contributed by atoms with Crippen LogP contribution >= 0.6 is 0 Å². The monoisotopic (exact) mass is 1120 g/mol. The van der Waals surface area contributed by atoms with Crippen molar-refractivity contribution < 1.29 is 0 Å². The molecule has 2 nitrogen and oxygen atoms in total. The van der Waals surface area contributed by atoms with E-state index in [4.69, 9.17) is 0 Å². The second-order valence-corrected chi connectivity index (χ2v) is 28.3. The Bertz CT molecular complexity index is 4010. The maximum atomic E-state index is 2.80. The van der Waals surface area contributed by atoms with E-state index >= 15 is 0 Å². The van der Waals surface area contributed by atoms with Gasteiger partial charge in [0.05, 0.1) is 11.4 Å². The third-order valence-electron chi connectivity index (χ3n) is 20.7. The lowest BCUT2D eigenvalue weighted by atomic mass is 9.33. The molecule has 4 saturated carbocycles. The summed E-state index contributed by atoms with van der Waals surface area (Å²) in [5.41, 5.74) is 30.1. The van der Waals surface area contributed by atoms with Crippen LogP contribution in [0.5, 0.6) is 0 Å². The Morgan fingerprint density at radius 1 is 0.322 bits per heavy atom. The Labute approximate surface area is 516 Å². The molecule has 2 aliphatic heterocycles. The molecule has 3 heteroatoms. The molecule has 4 aliphatic carbocycles. The zero-order valence-corrected chi connectivity index (χ0v) is 51.2. The standard InChI is InChI=1S/C84H75BN2/c1-82(2,3)66-46-69(60-29-17-9-18-30-60)80(70(47-66)61-31-19-10-20-32-61)86-75-39-37-64(58-25-13-7-14-26-58)44-73(75)85-74-45-65(59-27-15-8-16-28-59)38-40-76(74)87(78-51-68(50-77(86)79(78)85)84-52-55-41-56(53-84)43-57(42-55)54-84)81-71(62-33-21-11-22-34-62)48-67(83(4,5)6)49-72(81)63-35-23-12-24-36-63/h7-40,44-51,55-57H,41-43,52-54H2,1-6H3. The molecule has 424 valence electrons. The largest absolute Gasteiger partial charge is 0.310 e. The van der Waals surface area contributed by atoms with Crippen LogP contribution < -0.4 is 26.2 Å². The van der Waals surface area contributed by atoms with Crippen LogP contribution in [0, 0.1) is 17.8 Å². The zero-order chi connectivity index (χ0) is 58.8. The fourth-order valence-electron chi connectivity index (χ4n) is 16.8. The molecule has 4 fully saturated rings. The van der Waals surface area contributed by atoms with Gasteiger partial charge in [-0.05, 0) is 199 Å². The van der Waals surface area contributed by atoms with E-state index in [2.05, 4.69) is 306 Å². The third kappa shape index (κ3) is 9.14. The van der Waals surface area contributed by atoms with Crippen molar-refractivity contribution in [2.24, 2.45) is 17.8 Å². The van der Waals surface area contributed by atoms with Gasteiger partial charge in [0.15, 0.2) is 0 Å². The molecule has 0 saturated heterocycles. The van der Waals surface area contributed by atoms with Crippen molar-refractivity contribution in [3.05, 3.63) is 271 Å². The lowest BCUT2D eigenvalue weighted by Gasteiger charge is -2.57. The van der Waals surface area contributed by atoms with Gasteiger partial charge in [-0.3, -0.25) is 0 Å². The van der Waals surface area contributed by atoms with Crippen molar-refractivity contribution in [3.63, 3.8) is 0 Å². The summed E-state index contributed by atoms with van der Waals surface area (Å²) >= 11 is 0. The smallest absolute Gasteiger partial charge is 0.252 e. The van der Waals surface area contributed by atoms with Crippen molar-refractivity contribution in [2.45, 2.75) is 96.3 Å². The Morgan fingerprint density at radius 3 is 0.920 bits per heavy atom. The van der Waals surface area contributed by atoms with Crippen LogP contribution in [-0.4, -0.2) is 6.71 Å². The second kappa shape index (κ2) is 20.6. The van der Waals surface area contributed by atoms with Gasteiger partial charge in [-0.15, -0.1) is 0 Å². The van der Waals surface area contributed by atoms with Crippen LogP contribution in [0.15, 0.2) is 255 Å². The average molecular weight is 1120 g/mol. The van der Waals surface area contributed by atoms with Crippen LogP contribution in [0.1, 0.15) is 96.8 Å². The summed E-state index contributed by atoms with van der Waals surface area (Å²) in [6, 6.07) is 98.1. The fourth-order valence-corrected chi connectivity index (χ4v) is 16.8. The van der Waals surface area contributed by atoms with E-state index in [-0.39, 0.29) is 23.0 Å². The predicted molar refractivity (Wildman–Crippen MR) is 370 cm³/mol. The summed E-state index contributed by atoms with van der Waals surface area (Å²) in [6.07, 6.45) is 7.91. The first-order valence-corrected chi connectivity index (χ1v) is 32.1. The maximum Gasteiger partial charge on any atom is 0.252 e. The summed E-state index contributed by atoms with van der Waals surface area (Å²) in [5, 5.41) is 0. The highest BCUT2D eigenvalue weighted by Gasteiger charge is 2.54. The average Bonchev–Trinajstić information content (AvgIpc) is 0.718. The molecule has 0 atom stereocenters. The molecule has 0 N–H and O–H groups in total. The highest BCUT2D eigenvalue weighted by molar-refractivity contribution is 7.00. The first kappa shape index (κ1) is 53.5. The van der Waals surface area contributed by atoms with Crippen LogP contribution in [0.3, 0.4) is 0 Å². The molecule has 0 spiro atoms. The van der Waals surface area contributed by atoms with Crippen molar-refractivity contribution in [1.29, 1.82) is 0 Å². The molecular formula is C84H75BN2. The Kier molecular flexibility index (Phi) is 12.7. The number of hydrogen-bond acceptors (Lipinski definition) is 2. The number of fused-ring (bicyclic) bond motifs is 4. The summed E-state index contributed by atoms with van der Waals surface area (Å²) in [7, 11) is 0. The van der Waals surface area contributed by atoms with E-state index in [0.717, 1.165) is 17.8 Å². The Morgan fingerprint density at radius 2 is 0.621 bits per heavy atom. The van der Waals surface area contributed by atoms with Gasteiger partial charge in [0, 0.05) is 45.0 Å². The number of rotatable bonds is 9. The second-order valence-electron chi connectivity index (χ2n) is 28.3. The van der Waals surface area contributed by atoms with E-state index in [0.29, 0.717) is 0 Å². The van der Waals surface area contributed by atoms with E-state index in [1.165, 1.54) is 172 Å². The molecule has 17 rings (SSSR count). The minimum atomic E-state index is -0.131.